The van der Waals surface area contributed by atoms with Gasteiger partial charge < -0.3 is 10.4 Å². The van der Waals surface area contributed by atoms with Crippen LogP contribution in [0, 0.1) is 0 Å². The maximum Gasteiger partial charge on any atom is 0.115 e. The summed E-state index contributed by atoms with van der Waals surface area (Å²) in [7, 11) is 0. The van der Waals surface area contributed by atoms with E-state index in [4.69, 9.17) is 0 Å². The Bertz CT molecular complexity index is 567. The second-order valence-corrected chi connectivity index (χ2v) is 6.54. The number of aromatic hydroxyl groups is 1. The van der Waals surface area contributed by atoms with Crippen LogP contribution in [-0.2, 0) is 18.4 Å². The van der Waals surface area contributed by atoms with E-state index >= 15 is 0 Å². The molecule has 0 atom stereocenters. The summed E-state index contributed by atoms with van der Waals surface area (Å²) < 4.78 is 0. The van der Waals surface area contributed by atoms with Gasteiger partial charge in [0, 0.05) is 6.54 Å². The second-order valence-electron chi connectivity index (χ2n) is 6.54. The summed E-state index contributed by atoms with van der Waals surface area (Å²) in [6.07, 6.45) is 0.925. The van der Waals surface area contributed by atoms with Crippen molar-refractivity contribution in [2.24, 2.45) is 0 Å². The Kier molecular flexibility index (Phi) is 5.03. The average Bonchev–Trinajstić information content (AvgIpc) is 2.43. The summed E-state index contributed by atoms with van der Waals surface area (Å²) in [6.45, 7) is 8.48. The summed E-state index contributed by atoms with van der Waals surface area (Å²) in [5.41, 5.74) is 4.04. The van der Waals surface area contributed by atoms with Gasteiger partial charge in [-0.25, -0.2) is 0 Å². The average molecular weight is 283 g/mol. The Balaban J connectivity index is 1.79. The first-order valence-electron chi connectivity index (χ1n) is 7.53. The van der Waals surface area contributed by atoms with Crippen molar-refractivity contribution in [2.75, 3.05) is 6.54 Å². The predicted octanol–water partition coefficient (Wildman–Crippen LogP) is 4.02. The fourth-order valence-corrected chi connectivity index (χ4v) is 2.30. The molecule has 2 heteroatoms. The fraction of sp³-hybridized carbons (Fsp3) is 0.368. The van der Waals surface area contributed by atoms with Gasteiger partial charge in [-0.05, 0) is 47.2 Å². The Morgan fingerprint density at radius 3 is 2.29 bits per heavy atom. The Morgan fingerprint density at radius 2 is 1.67 bits per heavy atom. The molecular weight excluding hydrogens is 258 g/mol. The molecule has 2 N–H and O–H groups in total. The lowest BCUT2D eigenvalue weighted by Gasteiger charge is -2.19. The van der Waals surface area contributed by atoms with Crippen LogP contribution in [0.15, 0.2) is 48.5 Å². The molecule has 0 fully saturated rings. The number of nitrogens with one attached hydrogen (secondary N) is 1. The van der Waals surface area contributed by atoms with Gasteiger partial charge in [-0.3, -0.25) is 0 Å². The first-order valence-corrected chi connectivity index (χ1v) is 7.53. The molecule has 2 nitrogen and oxygen atoms in total. The largest absolute Gasteiger partial charge is 0.508 e. The standard InChI is InChI=1S/C19H25NO/c1-19(2,3)17-9-7-16(8-10-17)14-20-12-11-15-5-4-6-18(21)13-15/h4-10,13,20-21H,11-12,14H2,1-3H3. The minimum Gasteiger partial charge on any atom is -0.508 e. The summed E-state index contributed by atoms with van der Waals surface area (Å²) in [4.78, 5) is 0. The molecule has 2 aromatic rings. The lowest BCUT2D eigenvalue weighted by atomic mass is 9.87. The number of benzene rings is 2. The van der Waals surface area contributed by atoms with Crippen LogP contribution in [0.3, 0.4) is 0 Å². The Morgan fingerprint density at radius 1 is 0.952 bits per heavy atom. The van der Waals surface area contributed by atoms with E-state index in [0.717, 1.165) is 25.1 Å². The molecule has 0 aromatic heterocycles. The fourth-order valence-electron chi connectivity index (χ4n) is 2.30. The van der Waals surface area contributed by atoms with E-state index in [2.05, 4.69) is 50.4 Å². The van der Waals surface area contributed by atoms with Gasteiger partial charge >= 0.3 is 0 Å². The maximum absolute atomic E-state index is 9.42. The first kappa shape index (κ1) is 15.6. The minimum absolute atomic E-state index is 0.210. The van der Waals surface area contributed by atoms with E-state index in [1.807, 2.05) is 18.2 Å². The molecular formula is C19H25NO. The molecule has 0 bridgehead atoms. The quantitative estimate of drug-likeness (QED) is 0.812. The molecule has 0 saturated heterocycles. The second kappa shape index (κ2) is 6.77. The van der Waals surface area contributed by atoms with E-state index in [1.165, 1.54) is 11.1 Å². The monoisotopic (exact) mass is 283 g/mol. The lowest BCUT2D eigenvalue weighted by molar-refractivity contribution is 0.474. The third-order valence-corrected chi connectivity index (χ3v) is 3.65. The zero-order valence-electron chi connectivity index (χ0n) is 13.2. The van der Waals surface area contributed by atoms with Gasteiger partial charge in [-0.1, -0.05) is 57.2 Å². The smallest absolute Gasteiger partial charge is 0.115 e. The van der Waals surface area contributed by atoms with Crippen LogP contribution in [0.4, 0.5) is 0 Å². The van der Waals surface area contributed by atoms with Crippen LogP contribution in [0.2, 0.25) is 0 Å². The first-order chi connectivity index (χ1) is 9.95. The minimum atomic E-state index is 0.210. The van der Waals surface area contributed by atoms with Gasteiger partial charge in [0.1, 0.15) is 5.75 Å². The molecule has 2 rings (SSSR count). The summed E-state index contributed by atoms with van der Waals surface area (Å²) in [5, 5.41) is 12.9. The highest BCUT2D eigenvalue weighted by atomic mass is 16.3. The molecule has 21 heavy (non-hydrogen) atoms. The summed E-state index contributed by atoms with van der Waals surface area (Å²) in [6, 6.07) is 16.3. The molecule has 0 aliphatic carbocycles. The molecule has 0 spiro atoms. The van der Waals surface area contributed by atoms with Crippen LogP contribution >= 0.6 is 0 Å². The van der Waals surface area contributed by atoms with Crippen LogP contribution in [0.25, 0.3) is 0 Å². The topological polar surface area (TPSA) is 32.3 Å². The Labute approximate surface area is 127 Å². The van der Waals surface area contributed by atoms with Gasteiger partial charge in [0.2, 0.25) is 0 Å². The summed E-state index contributed by atoms with van der Waals surface area (Å²) >= 11 is 0. The summed E-state index contributed by atoms with van der Waals surface area (Å²) in [5.74, 6) is 0.338. The van der Waals surface area contributed by atoms with E-state index < -0.39 is 0 Å². The third-order valence-electron chi connectivity index (χ3n) is 3.65. The third kappa shape index (κ3) is 4.91. The van der Waals surface area contributed by atoms with Crippen molar-refractivity contribution in [3.63, 3.8) is 0 Å². The van der Waals surface area contributed by atoms with Crippen molar-refractivity contribution in [2.45, 2.75) is 39.2 Å². The molecule has 0 aliphatic rings. The molecule has 0 saturated carbocycles. The molecule has 0 amide bonds. The highest BCUT2D eigenvalue weighted by Crippen LogP contribution is 2.22. The van der Waals surface area contributed by atoms with Gasteiger partial charge in [0.15, 0.2) is 0 Å². The number of phenols is 1. The van der Waals surface area contributed by atoms with E-state index in [0.29, 0.717) is 5.75 Å². The van der Waals surface area contributed by atoms with Crippen molar-refractivity contribution in [3.8, 4) is 5.75 Å². The molecule has 112 valence electrons. The highest BCUT2D eigenvalue weighted by Gasteiger charge is 2.12. The molecule has 0 aliphatic heterocycles. The van der Waals surface area contributed by atoms with Crippen molar-refractivity contribution < 1.29 is 5.11 Å². The van der Waals surface area contributed by atoms with Gasteiger partial charge in [0.05, 0.1) is 0 Å². The van der Waals surface area contributed by atoms with Crippen molar-refractivity contribution >= 4 is 0 Å². The van der Waals surface area contributed by atoms with Gasteiger partial charge in [0.25, 0.3) is 0 Å². The van der Waals surface area contributed by atoms with Crippen LogP contribution in [0.1, 0.15) is 37.5 Å². The van der Waals surface area contributed by atoms with E-state index in [9.17, 15) is 5.11 Å². The number of hydrogen-bond acceptors (Lipinski definition) is 2. The molecule has 0 radical (unpaired) electrons. The van der Waals surface area contributed by atoms with E-state index in [1.54, 1.807) is 6.07 Å². The van der Waals surface area contributed by atoms with Crippen LogP contribution in [0.5, 0.6) is 5.75 Å². The number of hydrogen-bond donors (Lipinski definition) is 2. The van der Waals surface area contributed by atoms with E-state index in [-0.39, 0.29) is 5.41 Å². The van der Waals surface area contributed by atoms with Crippen molar-refractivity contribution in [1.82, 2.24) is 5.32 Å². The zero-order chi connectivity index (χ0) is 15.3. The van der Waals surface area contributed by atoms with Gasteiger partial charge in [-0.2, -0.15) is 0 Å². The lowest BCUT2D eigenvalue weighted by Crippen LogP contribution is -2.17. The van der Waals surface area contributed by atoms with Crippen LogP contribution < -0.4 is 5.32 Å². The highest BCUT2D eigenvalue weighted by molar-refractivity contribution is 5.28. The maximum atomic E-state index is 9.42. The zero-order valence-corrected chi connectivity index (χ0v) is 13.2. The Hall–Kier alpha value is -1.80. The van der Waals surface area contributed by atoms with Crippen molar-refractivity contribution in [1.29, 1.82) is 0 Å². The number of rotatable bonds is 5. The molecule has 2 aromatic carbocycles. The molecule has 0 heterocycles. The van der Waals surface area contributed by atoms with Crippen LogP contribution in [-0.4, -0.2) is 11.7 Å². The SMILES string of the molecule is CC(C)(C)c1ccc(CNCCc2cccc(O)c2)cc1. The normalized spacial score (nSPS) is 11.6. The van der Waals surface area contributed by atoms with Gasteiger partial charge in [-0.15, -0.1) is 0 Å². The number of phenolic OH excluding ortho intramolecular Hbond substituents is 1. The molecule has 0 unspecified atom stereocenters. The predicted molar refractivity (Wildman–Crippen MR) is 88.7 cm³/mol. The van der Waals surface area contributed by atoms with Crippen molar-refractivity contribution in [3.05, 3.63) is 65.2 Å².